The predicted octanol–water partition coefficient (Wildman–Crippen LogP) is 2.22. The van der Waals surface area contributed by atoms with Crippen molar-refractivity contribution in [1.82, 2.24) is 4.90 Å². The number of aliphatic carboxylic acids is 1. The minimum atomic E-state index is -0.656. The third kappa shape index (κ3) is 1.65. The molecule has 96 valence electrons. The van der Waals surface area contributed by atoms with Crippen LogP contribution in [0.5, 0.6) is 0 Å². The Labute approximate surface area is 107 Å². The zero-order valence-corrected chi connectivity index (χ0v) is 10.7. The van der Waals surface area contributed by atoms with Crippen molar-refractivity contribution in [2.24, 2.45) is 0 Å². The summed E-state index contributed by atoms with van der Waals surface area (Å²) in [7, 11) is 2.12. The average Bonchev–Trinajstić information content (AvgIpc) is 2.23. The first-order valence-electron chi connectivity index (χ1n) is 6.64. The van der Waals surface area contributed by atoms with E-state index in [0.717, 1.165) is 37.9 Å². The molecule has 3 heteroatoms. The molecule has 1 aliphatic heterocycles. The lowest BCUT2D eigenvalue weighted by Crippen LogP contribution is -2.43. The van der Waals surface area contributed by atoms with Crippen molar-refractivity contribution in [3.05, 3.63) is 35.4 Å². The van der Waals surface area contributed by atoms with Crippen LogP contribution in [0.1, 0.15) is 36.3 Å². The summed E-state index contributed by atoms with van der Waals surface area (Å²) in [4.78, 5) is 13.8. The maximum atomic E-state index is 11.5. The zero-order valence-electron chi connectivity index (χ0n) is 10.7. The van der Waals surface area contributed by atoms with E-state index in [1.54, 1.807) is 0 Å². The van der Waals surface area contributed by atoms with E-state index in [2.05, 4.69) is 24.1 Å². The molecule has 1 N–H and O–H groups in total. The number of hydrogen-bond donors (Lipinski definition) is 1. The van der Waals surface area contributed by atoms with Crippen LogP contribution in [0.3, 0.4) is 0 Å². The summed E-state index contributed by atoms with van der Waals surface area (Å²) in [6.07, 6.45) is 2.61. The van der Waals surface area contributed by atoms with E-state index in [1.807, 2.05) is 12.1 Å². The standard InChI is InChI=1S/C15H19NO2/c1-16-9-12(10-16)11-4-2-5-13(8-11)15(14(17)18)6-3-7-15/h2,4-5,8,12H,3,6-7,9-10H2,1H3,(H,17,18). The number of hydrogen-bond acceptors (Lipinski definition) is 2. The van der Waals surface area contributed by atoms with Crippen molar-refractivity contribution in [1.29, 1.82) is 0 Å². The molecule has 1 heterocycles. The lowest BCUT2D eigenvalue weighted by atomic mass is 9.64. The Bertz CT molecular complexity index is 473. The Morgan fingerprint density at radius 1 is 1.39 bits per heavy atom. The normalized spacial score (nSPS) is 23.2. The van der Waals surface area contributed by atoms with E-state index in [9.17, 15) is 9.90 Å². The summed E-state index contributed by atoms with van der Waals surface area (Å²) < 4.78 is 0. The maximum absolute atomic E-state index is 11.5. The van der Waals surface area contributed by atoms with Crippen molar-refractivity contribution in [3.63, 3.8) is 0 Å². The fraction of sp³-hybridized carbons (Fsp3) is 0.533. The molecule has 1 aromatic rings. The SMILES string of the molecule is CN1CC(c2cccc(C3(C(=O)O)CCC3)c2)C1. The van der Waals surface area contributed by atoms with Crippen LogP contribution in [0.4, 0.5) is 0 Å². The molecule has 2 aliphatic rings. The summed E-state index contributed by atoms with van der Waals surface area (Å²) in [6.45, 7) is 2.17. The molecule has 0 amide bonds. The van der Waals surface area contributed by atoms with Gasteiger partial charge in [-0.25, -0.2) is 0 Å². The molecule has 1 saturated heterocycles. The van der Waals surface area contributed by atoms with Gasteiger partial charge in [-0.1, -0.05) is 30.7 Å². The van der Waals surface area contributed by atoms with Gasteiger partial charge in [0, 0.05) is 19.0 Å². The van der Waals surface area contributed by atoms with E-state index in [-0.39, 0.29) is 0 Å². The van der Waals surface area contributed by atoms with Gasteiger partial charge in [0.1, 0.15) is 0 Å². The van der Waals surface area contributed by atoms with Crippen molar-refractivity contribution in [3.8, 4) is 0 Å². The van der Waals surface area contributed by atoms with Crippen molar-refractivity contribution >= 4 is 5.97 Å². The minimum Gasteiger partial charge on any atom is -0.481 e. The Morgan fingerprint density at radius 2 is 2.11 bits per heavy atom. The van der Waals surface area contributed by atoms with Crippen LogP contribution in [0.2, 0.25) is 0 Å². The highest BCUT2D eigenvalue weighted by molar-refractivity contribution is 5.82. The van der Waals surface area contributed by atoms with E-state index in [1.165, 1.54) is 5.56 Å². The van der Waals surface area contributed by atoms with Gasteiger partial charge in [0.2, 0.25) is 0 Å². The van der Waals surface area contributed by atoms with Crippen LogP contribution < -0.4 is 0 Å². The molecule has 0 unspecified atom stereocenters. The molecule has 0 radical (unpaired) electrons. The molecule has 1 aromatic carbocycles. The fourth-order valence-corrected chi connectivity index (χ4v) is 3.16. The largest absolute Gasteiger partial charge is 0.481 e. The molecule has 18 heavy (non-hydrogen) atoms. The number of nitrogens with zero attached hydrogens (tertiary/aromatic N) is 1. The molecule has 1 aliphatic carbocycles. The second-order valence-electron chi connectivity index (χ2n) is 5.78. The third-order valence-electron chi connectivity index (χ3n) is 4.59. The molecule has 3 nitrogen and oxygen atoms in total. The highest BCUT2D eigenvalue weighted by atomic mass is 16.4. The second kappa shape index (κ2) is 4.09. The van der Waals surface area contributed by atoms with Crippen LogP contribution in [-0.4, -0.2) is 36.1 Å². The number of rotatable bonds is 3. The summed E-state index contributed by atoms with van der Waals surface area (Å²) in [5, 5.41) is 9.47. The highest BCUT2D eigenvalue weighted by Crippen LogP contribution is 2.44. The Kier molecular flexibility index (Phi) is 2.67. The molecule has 3 rings (SSSR count). The van der Waals surface area contributed by atoms with Gasteiger partial charge in [0.05, 0.1) is 5.41 Å². The number of carboxylic acids is 1. The van der Waals surface area contributed by atoms with Gasteiger partial charge in [0.25, 0.3) is 0 Å². The lowest BCUT2D eigenvalue weighted by molar-refractivity contribution is -0.147. The van der Waals surface area contributed by atoms with Crippen molar-refractivity contribution < 1.29 is 9.90 Å². The monoisotopic (exact) mass is 245 g/mol. The van der Waals surface area contributed by atoms with Gasteiger partial charge >= 0.3 is 5.97 Å². The summed E-state index contributed by atoms with van der Waals surface area (Å²) >= 11 is 0. The minimum absolute atomic E-state index is 0.584. The lowest BCUT2D eigenvalue weighted by Gasteiger charge is -2.40. The van der Waals surface area contributed by atoms with Gasteiger partial charge in [-0.3, -0.25) is 4.79 Å². The number of carbonyl (C=O) groups is 1. The molecular weight excluding hydrogens is 226 g/mol. The van der Waals surface area contributed by atoms with Crippen LogP contribution in [0, 0.1) is 0 Å². The molecular formula is C15H19NO2. The molecule has 0 bridgehead atoms. The van der Waals surface area contributed by atoms with Gasteiger partial charge in [0.15, 0.2) is 0 Å². The first-order valence-corrected chi connectivity index (χ1v) is 6.64. The topological polar surface area (TPSA) is 40.5 Å². The summed E-state index contributed by atoms with van der Waals surface area (Å²) in [5.74, 6) is -0.0718. The number of benzene rings is 1. The quantitative estimate of drug-likeness (QED) is 0.887. The van der Waals surface area contributed by atoms with E-state index in [4.69, 9.17) is 0 Å². The first-order chi connectivity index (χ1) is 8.62. The first kappa shape index (κ1) is 11.7. The van der Waals surface area contributed by atoms with Gasteiger partial charge in [-0.2, -0.15) is 0 Å². The Balaban J connectivity index is 1.89. The van der Waals surface area contributed by atoms with Crippen LogP contribution in [0.25, 0.3) is 0 Å². The van der Waals surface area contributed by atoms with Gasteiger partial charge in [-0.05, 0) is 31.0 Å². The summed E-state index contributed by atoms with van der Waals surface area (Å²) in [6, 6.07) is 8.27. The molecule has 1 saturated carbocycles. The maximum Gasteiger partial charge on any atom is 0.314 e. The smallest absolute Gasteiger partial charge is 0.314 e. The number of carboxylic acid groups (broad SMARTS) is 1. The molecule has 2 fully saturated rings. The van der Waals surface area contributed by atoms with Crippen molar-refractivity contribution in [2.45, 2.75) is 30.6 Å². The van der Waals surface area contributed by atoms with Gasteiger partial charge in [-0.15, -0.1) is 0 Å². The Morgan fingerprint density at radius 3 is 2.61 bits per heavy atom. The van der Waals surface area contributed by atoms with Crippen LogP contribution >= 0.6 is 0 Å². The molecule has 0 aromatic heterocycles. The molecule has 0 spiro atoms. The predicted molar refractivity (Wildman–Crippen MR) is 69.8 cm³/mol. The number of likely N-dealkylation sites (tertiary alicyclic amines) is 1. The van der Waals surface area contributed by atoms with Gasteiger partial charge < -0.3 is 10.0 Å². The third-order valence-corrected chi connectivity index (χ3v) is 4.59. The van der Waals surface area contributed by atoms with Crippen LogP contribution in [-0.2, 0) is 10.2 Å². The Hall–Kier alpha value is -1.35. The molecule has 0 atom stereocenters. The van der Waals surface area contributed by atoms with Crippen molar-refractivity contribution in [2.75, 3.05) is 20.1 Å². The van der Waals surface area contributed by atoms with E-state index < -0.39 is 11.4 Å². The average molecular weight is 245 g/mol. The zero-order chi connectivity index (χ0) is 12.8. The number of likely N-dealkylation sites (N-methyl/N-ethyl adjacent to an activating group) is 1. The van der Waals surface area contributed by atoms with E-state index >= 15 is 0 Å². The highest BCUT2D eigenvalue weighted by Gasteiger charge is 2.46. The van der Waals surface area contributed by atoms with E-state index in [0.29, 0.717) is 5.92 Å². The fourth-order valence-electron chi connectivity index (χ4n) is 3.16. The summed E-state index contributed by atoms with van der Waals surface area (Å²) in [5.41, 5.74) is 1.72. The van der Waals surface area contributed by atoms with Crippen LogP contribution in [0.15, 0.2) is 24.3 Å². The second-order valence-corrected chi connectivity index (χ2v) is 5.78.